The lowest BCUT2D eigenvalue weighted by molar-refractivity contribution is 0.0988. The van der Waals surface area contributed by atoms with E-state index < -0.39 is 158 Å². The number of anilines is 2. The molecule has 0 saturated heterocycles. The van der Waals surface area contributed by atoms with Crippen molar-refractivity contribution in [3.63, 3.8) is 0 Å². The molecule has 0 spiro atoms. The second-order valence-corrected chi connectivity index (χ2v) is 18.2. The standard InChI is InChI=1S/C23H18ClF3N4O2S2.C18H11ClF3N3O3S/c1-23(2,3)21-30-18(19(34-21)16-10-11-28-22(24)29-16)12-6-4-9-15(17(12)27)31-35(32,33)20-13(25)7-5-8-14(20)26;19-18-23-8-7-10(24-18)9-15(26)11-3-1-6-14(16(11)22)25-29(27,28)17-12(20)4-2-5-13(17)21/h4-11,31H,1-3H3;1-8,25H,9H2/i1D,4D,5D,6D,7D,8D,9D,10D,11D;. The fourth-order valence-electron chi connectivity index (χ4n) is 5.20. The van der Waals surface area contributed by atoms with Gasteiger partial charge in [0.1, 0.15) is 23.3 Å². The Kier molecular flexibility index (Phi) is 10.8. The highest BCUT2D eigenvalue weighted by molar-refractivity contribution is 7.93. The number of aromatic nitrogens is 5. The van der Waals surface area contributed by atoms with Crippen molar-refractivity contribution < 1.29 is 60.3 Å². The van der Waals surface area contributed by atoms with E-state index in [4.69, 9.17) is 35.5 Å². The number of nitrogens with one attached hydrogen (secondary N) is 2. The van der Waals surface area contributed by atoms with Crippen molar-refractivity contribution in [1.82, 2.24) is 24.9 Å². The van der Waals surface area contributed by atoms with Crippen molar-refractivity contribution in [2.24, 2.45) is 0 Å². The highest BCUT2D eigenvalue weighted by Crippen LogP contribution is 2.42. The number of rotatable bonds is 11. The Hall–Kier alpha value is -6.00. The molecule has 0 bridgehead atoms. The van der Waals surface area contributed by atoms with Crippen molar-refractivity contribution in [1.29, 1.82) is 0 Å². The quantitative estimate of drug-likeness (QED) is 0.0721. The zero-order chi connectivity index (χ0) is 54.4. The Bertz CT molecular complexity index is 3600. The molecule has 0 saturated carbocycles. The number of ketones is 1. The number of carbonyl (C=O) groups excluding carboxylic acids is 1. The largest absolute Gasteiger partial charge is 0.294 e. The van der Waals surface area contributed by atoms with E-state index >= 15 is 4.39 Å². The summed E-state index contributed by atoms with van der Waals surface area (Å²) in [5.41, 5.74) is -4.94. The SMILES string of the molecule is O=C(Cc1ccnc(Cl)n1)c1cccc(NS(=O)(=O)c2c(F)cccc2F)c1F.[2H]CC(C)(C)c1nc(-c2c([2H])c([2H])c([2H])c(NS(=O)(=O)c3c(F)c([2H])c([2H])c([2H])c3F)c2F)c(-c2nc(Cl)nc([2H])c2[2H])s1. The maximum atomic E-state index is 16.3. The number of thiazole rings is 1. The first kappa shape index (κ1) is 36.4. The molecule has 23 heteroatoms. The van der Waals surface area contributed by atoms with Crippen LogP contribution < -0.4 is 9.44 Å². The minimum absolute atomic E-state index is 0.0933. The van der Waals surface area contributed by atoms with Gasteiger partial charge in [-0.3, -0.25) is 14.2 Å². The smallest absolute Gasteiger partial charge is 0.267 e. The molecule has 4 aromatic carbocycles. The van der Waals surface area contributed by atoms with Gasteiger partial charge in [-0.15, -0.1) is 11.3 Å². The third-order valence-electron chi connectivity index (χ3n) is 8.00. The van der Waals surface area contributed by atoms with Gasteiger partial charge in [-0.05, 0) is 83.7 Å². The van der Waals surface area contributed by atoms with Crippen LogP contribution in [0.25, 0.3) is 21.8 Å². The summed E-state index contributed by atoms with van der Waals surface area (Å²) in [6, 6.07) is -0.698. The van der Waals surface area contributed by atoms with Crippen molar-refractivity contribution in [3.8, 4) is 21.8 Å². The summed E-state index contributed by atoms with van der Waals surface area (Å²) in [6.07, 6.45) is 0.368. The van der Waals surface area contributed by atoms with Gasteiger partial charge in [-0.25, -0.2) is 68.1 Å². The number of sulfonamides is 2. The monoisotopic (exact) mass is 988 g/mol. The first-order chi connectivity index (χ1) is 33.9. The molecule has 0 aliphatic rings. The van der Waals surface area contributed by atoms with Crippen LogP contribution in [0.1, 0.15) is 54.1 Å². The summed E-state index contributed by atoms with van der Waals surface area (Å²) in [5.74, 6) is -10.4. The van der Waals surface area contributed by atoms with Crippen LogP contribution in [-0.4, -0.2) is 47.5 Å². The van der Waals surface area contributed by atoms with Crippen molar-refractivity contribution in [2.45, 2.75) is 42.4 Å². The number of nitrogens with zero attached hydrogens (tertiary/aromatic N) is 5. The van der Waals surface area contributed by atoms with Gasteiger partial charge in [0.05, 0.1) is 61.3 Å². The van der Waals surface area contributed by atoms with Crippen LogP contribution in [0.4, 0.5) is 37.7 Å². The molecule has 0 amide bonds. The molecule has 7 rings (SSSR count). The zero-order valence-corrected chi connectivity index (χ0v) is 36.0. The molecular weight excluding hydrogens is 952 g/mol. The molecule has 64 heavy (non-hydrogen) atoms. The fourth-order valence-corrected chi connectivity index (χ4v) is 8.82. The Balaban J connectivity index is 0.000000259. The van der Waals surface area contributed by atoms with E-state index in [-0.39, 0.29) is 39.9 Å². The minimum atomic E-state index is -5.58. The summed E-state index contributed by atoms with van der Waals surface area (Å²) in [7, 11) is -10.4. The Morgan fingerprint density at radius 1 is 0.750 bits per heavy atom. The van der Waals surface area contributed by atoms with Gasteiger partial charge in [0.2, 0.25) is 10.6 Å². The molecule has 3 heterocycles. The number of carbonyl (C=O) groups is 1. The van der Waals surface area contributed by atoms with Gasteiger partial charge >= 0.3 is 0 Å². The molecule has 3 aromatic heterocycles. The molecule has 2 N–H and O–H groups in total. The summed E-state index contributed by atoms with van der Waals surface area (Å²) in [5, 5.41) is -0.426. The average molecular weight is 990 g/mol. The molecule has 0 fully saturated rings. The van der Waals surface area contributed by atoms with Crippen LogP contribution in [0.3, 0.4) is 0 Å². The van der Waals surface area contributed by atoms with E-state index in [2.05, 4.69) is 24.9 Å². The highest BCUT2D eigenvalue weighted by atomic mass is 35.5. The summed E-state index contributed by atoms with van der Waals surface area (Å²) >= 11 is 12.3. The summed E-state index contributed by atoms with van der Waals surface area (Å²) in [6.45, 7) is 2.95. The summed E-state index contributed by atoms with van der Waals surface area (Å²) in [4.78, 5) is 28.4. The minimum Gasteiger partial charge on any atom is -0.294 e. The van der Waals surface area contributed by atoms with Crippen LogP contribution in [0, 0.1) is 34.9 Å². The molecule has 332 valence electrons. The van der Waals surface area contributed by atoms with E-state index in [1.54, 1.807) is 18.6 Å². The lowest BCUT2D eigenvalue weighted by atomic mass is 9.98. The number of hydrogen-bond acceptors (Lipinski definition) is 11. The fraction of sp³-hybridized carbons (Fsp3) is 0.122. The first-order valence-corrected chi connectivity index (χ1v) is 21.8. The van der Waals surface area contributed by atoms with Crippen LogP contribution in [-0.2, 0) is 31.9 Å². The number of hydrogen-bond donors (Lipinski definition) is 2. The lowest BCUT2D eigenvalue weighted by Gasteiger charge is -2.14. The Labute approximate surface area is 388 Å². The van der Waals surface area contributed by atoms with Crippen LogP contribution in [0.5, 0.6) is 0 Å². The Morgan fingerprint density at radius 3 is 2.02 bits per heavy atom. The van der Waals surface area contributed by atoms with E-state index in [1.165, 1.54) is 23.1 Å². The Morgan fingerprint density at radius 2 is 1.36 bits per heavy atom. The van der Waals surface area contributed by atoms with Crippen molar-refractivity contribution in [2.75, 3.05) is 9.44 Å². The van der Waals surface area contributed by atoms with E-state index in [0.29, 0.717) is 0 Å². The van der Waals surface area contributed by atoms with Crippen LogP contribution in [0.2, 0.25) is 10.6 Å². The first-order valence-electron chi connectivity index (χ1n) is 22.0. The predicted octanol–water partition coefficient (Wildman–Crippen LogP) is 10.2. The van der Waals surface area contributed by atoms with Crippen molar-refractivity contribution >= 4 is 71.7 Å². The van der Waals surface area contributed by atoms with Crippen LogP contribution in [0.15, 0.2) is 107 Å². The number of Topliss-reactive ketones (excluding diaryl/α,β-unsaturated/α-hetero) is 1. The highest BCUT2D eigenvalue weighted by Gasteiger charge is 2.30. The van der Waals surface area contributed by atoms with Crippen molar-refractivity contribution in [3.05, 3.63) is 159 Å². The molecule has 0 atom stereocenters. The van der Waals surface area contributed by atoms with E-state index in [9.17, 15) is 43.6 Å². The lowest BCUT2D eigenvalue weighted by Crippen LogP contribution is -2.18. The van der Waals surface area contributed by atoms with Gasteiger partial charge in [0.15, 0.2) is 27.2 Å². The maximum Gasteiger partial charge on any atom is 0.267 e. The predicted molar refractivity (Wildman–Crippen MR) is 228 cm³/mol. The molecule has 0 aliphatic carbocycles. The molecular formula is C41H29Cl2F6N7O5S3. The van der Waals surface area contributed by atoms with Gasteiger partial charge in [-0.1, -0.05) is 45.0 Å². The van der Waals surface area contributed by atoms with E-state index in [0.717, 1.165) is 41.7 Å². The van der Waals surface area contributed by atoms with E-state index in [1.807, 2.05) is 0 Å². The van der Waals surface area contributed by atoms with Gasteiger partial charge < -0.3 is 0 Å². The second-order valence-electron chi connectivity index (χ2n) is 13.3. The molecule has 0 radical (unpaired) electrons. The molecule has 0 aliphatic heterocycles. The molecule has 0 unspecified atom stereocenters. The third-order valence-corrected chi connectivity index (χ3v) is 12.6. The normalized spacial score (nSPS) is 13.7. The summed E-state index contributed by atoms with van der Waals surface area (Å²) < 4.78 is 214. The molecule has 12 nitrogen and oxygen atoms in total. The molecule has 7 aromatic rings. The van der Waals surface area contributed by atoms with Crippen LogP contribution >= 0.6 is 34.5 Å². The zero-order valence-electron chi connectivity index (χ0n) is 41.1. The number of halogens is 8. The number of benzene rings is 4. The van der Waals surface area contributed by atoms with Gasteiger partial charge in [0.25, 0.3) is 20.0 Å². The van der Waals surface area contributed by atoms with Gasteiger partial charge in [0, 0.05) is 24.7 Å². The second kappa shape index (κ2) is 19.0. The van der Waals surface area contributed by atoms with Gasteiger partial charge in [-0.2, -0.15) is 0 Å². The third kappa shape index (κ3) is 10.7. The topological polar surface area (TPSA) is 174 Å². The maximum absolute atomic E-state index is 16.3. The average Bonchev–Trinajstić information content (AvgIpc) is 3.76.